The fourth-order valence-electron chi connectivity index (χ4n) is 4.12. The van der Waals surface area contributed by atoms with Gasteiger partial charge >= 0.3 is 0 Å². The first-order valence-electron chi connectivity index (χ1n) is 11.2. The van der Waals surface area contributed by atoms with Crippen molar-refractivity contribution in [2.75, 3.05) is 6.54 Å². The molecule has 0 radical (unpaired) electrons. The van der Waals surface area contributed by atoms with E-state index >= 15 is 0 Å². The van der Waals surface area contributed by atoms with Crippen LogP contribution in [0.5, 0.6) is 0 Å². The summed E-state index contributed by atoms with van der Waals surface area (Å²) in [6.45, 7) is -0.195. The third-order valence-corrected chi connectivity index (χ3v) is 6.28. The van der Waals surface area contributed by atoms with E-state index in [4.69, 9.17) is 11.6 Å². The van der Waals surface area contributed by atoms with Crippen LogP contribution in [0.4, 0.5) is 8.78 Å². The lowest BCUT2D eigenvalue weighted by molar-refractivity contribution is -0.140. The molecule has 35 heavy (non-hydrogen) atoms. The maximum atomic E-state index is 13.6. The Morgan fingerprint density at radius 1 is 1.11 bits per heavy atom. The number of rotatable bonds is 6. The predicted molar refractivity (Wildman–Crippen MR) is 131 cm³/mol. The molecule has 3 aromatic rings. The molecule has 0 aliphatic carbocycles. The molecule has 0 bridgehead atoms. The van der Waals surface area contributed by atoms with E-state index in [1.165, 1.54) is 0 Å². The lowest BCUT2D eigenvalue weighted by Gasteiger charge is -2.35. The Labute approximate surface area is 206 Å². The topological polar surface area (TPSA) is 74.1 Å². The number of nitrogens with zero attached hydrogens (tertiary/aromatic N) is 3. The van der Waals surface area contributed by atoms with Crippen LogP contribution in [0.15, 0.2) is 54.7 Å². The smallest absolute Gasteiger partial charge is 0.252 e. The molecule has 4 rings (SSSR count). The van der Waals surface area contributed by atoms with Crippen molar-refractivity contribution in [1.82, 2.24) is 9.88 Å². The molecule has 1 aliphatic heterocycles. The van der Waals surface area contributed by atoms with Crippen LogP contribution in [0.3, 0.4) is 0 Å². The highest BCUT2D eigenvalue weighted by atomic mass is 35.5. The van der Waals surface area contributed by atoms with Gasteiger partial charge in [0, 0.05) is 54.4 Å². The Balaban J connectivity index is 1.48. The standard InChI is InChI=1S/C27H22ClF2N3O2/c28-20-6-3-18(4-7-20)1-2-19-5-8-24-23(15-19)22(11-13-32-24)25(34)9-10-26(35)33-14-12-27(29,30)16-21(33)17-31/h1-8,11,13,15,21H,9-10,12,14,16H2/b2-1+/t21-/m0/s1. The van der Waals surface area contributed by atoms with Crippen molar-refractivity contribution in [2.45, 2.75) is 37.6 Å². The molecular formula is C27H22ClF2N3O2. The minimum Gasteiger partial charge on any atom is -0.326 e. The molecule has 0 N–H and O–H groups in total. The van der Waals surface area contributed by atoms with E-state index in [9.17, 15) is 23.6 Å². The zero-order chi connectivity index (χ0) is 25.0. The van der Waals surface area contributed by atoms with Gasteiger partial charge in [0.15, 0.2) is 5.78 Å². The van der Waals surface area contributed by atoms with Gasteiger partial charge in [-0.1, -0.05) is 42.0 Å². The number of amides is 1. The second kappa shape index (κ2) is 10.3. The van der Waals surface area contributed by atoms with Gasteiger partial charge in [0.05, 0.1) is 11.6 Å². The van der Waals surface area contributed by atoms with E-state index < -0.39 is 30.7 Å². The van der Waals surface area contributed by atoms with Crippen molar-refractivity contribution < 1.29 is 18.4 Å². The van der Waals surface area contributed by atoms with Crippen LogP contribution >= 0.6 is 11.6 Å². The van der Waals surface area contributed by atoms with Crippen molar-refractivity contribution in [3.63, 3.8) is 0 Å². The molecule has 1 aliphatic rings. The number of benzene rings is 2. The first-order chi connectivity index (χ1) is 16.8. The lowest BCUT2D eigenvalue weighted by atomic mass is 9.97. The second-order valence-corrected chi connectivity index (χ2v) is 8.92. The first-order valence-corrected chi connectivity index (χ1v) is 11.6. The van der Waals surface area contributed by atoms with E-state index in [0.717, 1.165) is 16.0 Å². The fourth-order valence-corrected chi connectivity index (χ4v) is 4.25. The number of nitriles is 1. The molecule has 5 nitrogen and oxygen atoms in total. The summed E-state index contributed by atoms with van der Waals surface area (Å²) in [5.41, 5.74) is 2.93. The Hall–Kier alpha value is -3.63. The van der Waals surface area contributed by atoms with E-state index in [1.54, 1.807) is 30.5 Å². The van der Waals surface area contributed by atoms with Crippen LogP contribution in [0.25, 0.3) is 23.1 Å². The van der Waals surface area contributed by atoms with Crippen LogP contribution in [0.2, 0.25) is 5.02 Å². The summed E-state index contributed by atoms with van der Waals surface area (Å²) in [5, 5.41) is 10.5. The monoisotopic (exact) mass is 493 g/mol. The number of aromatic nitrogens is 1. The summed E-state index contributed by atoms with van der Waals surface area (Å²) in [4.78, 5) is 31.1. The summed E-state index contributed by atoms with van der Waals surface area (Å²) in [6.07, 6.45) is 4.00. The number of ketones is 1. The molecule has 1 aromatic heterocycles. The fraction of sp³-hybridized carbons (Fsp3) is 0.259. The Morgan fingerprint density at radius 2 is 1.83 bits per heavy atom. The molecule has 8 heteroatoms. The van der Waals surface area contributed by atoms with Gasteiger partial charge in [-0.2, -0.15) is 5.26 Å². The third kappa shape index (κ3) is 5.90. The van der Waals surface area contributed by atoms with E-state index in [-0.39, 0.29) is 25.2 Å². The largest absolute Gasteiger partial charge is 0.326 e. The predicted octanol–water partition coefficient (Wildman–Crippen LogP) is 6.17. The molecule has 0 unspecified atom stereocenters. The number of pyridine rings is 1. The Morgan fingerprint density at radius 3 is 2.57 bits per heavy atom. The number of hydrogen-bond donors (Lipinski definition) is 0. The maximum absolute atomic E-state index is 13.6. The van der Waals surface area contributed by atoms with Crippen molar-refractivity contribution >= 4 is 46.3 Å². The summed E-state index contributed by atoms with van der Waals surface area (Å²) in [7, 11) is 0. The second-order valence-electron chi connectivity index (χ2n) is 8.49. The first kappa shape index (κ1) is 24.5. The summed E-state index contributed by atoms with van der Waals surface area (Å²) in [5.74, 6) is -3.67. The van der Waals surface area contributed by atoms with Crippen molar-refractivity contribution in [3.05, 3.63) is 76.4 Å². The lowest BCUT2D eigenvalue weighted by Crippen LogP contribution is -2.49. The number of carbonyl (C=O) groups is 2. The molecule has 1 amide bonds. The number of piperidine rings is 1. The summed E-state index contributed by atoms with van der Waals surface area (Å²) < 4.78 is 27.2. The van der Waals surface area contributed by atoms with Crippen molar-refractivity contribution in [1.29, 1.82) is 5.26 Å². The summed E-state index contributed by atoms with van der Waals surface area (Å²) >= 11 is 5.93. The van der Waals surface area contributed by atoms with E-state index in [2.05, 4.69) is 4.98 Å². The van der Waals surface area contributed by atoms with Gasteiger partial charge in [0.2, 0.25) is 5.91 Å². The molecule has 0 spiro atoms. The number of halogens is 3. The van der Waals surface area contributed by atoms with E-state index in [1.807, 2.05) is 42.5 Å². The molecule has 1 atom stereocenters. The van der Waals surface area contributed by atoms with Crippen LogP contribution in [0.1, 0.15) is 47.2 Å². The van der Waals surface area contributed by atoms with Gasteiger partial charge in [-0.25, -0.2) is 8.78 Å². The van der Waals surface area contributed by atoms with Crippen molar-refractivity contribution in [2.24, 2.45) is 0 Å². The Kier molecular flexibility index (Phi) is 7.23. The van der Waals surface area contributed by atoms with Crippen LogP contribution < -0.4 is 0 Å². The highest BCUT2D eigenvalue weighted by molar-refractivity contribution is 6.30. The number of alkyl halides is 2. The molecule has 2 aromatic carbocycles. The average Bonchev–Trinajstić information content (AvgIpc) is 2.85. The van der Waals surface area contributed by atoms with Gasteiger partial charge < -0.3 is 4.90 Å². The highest BCUT2D eigenvalue weighted by Crippen LogP contribution is 2.32. The molecular weight excluding hydrogens is 472 g/mol. The van der Waals surface area contributed by atoms with Crippen LogP contribution in [-0.2, 0) is 4.79 Å². The normalized spacial score (nSPS) is 17.4. The van der Waals surface area contributed by atoms with Crippen molar-refractivity contribution in [3.8, 4) is 6.07 Å². The number of hydrogen-bond acceptors (Lipinski definition) is 4. The number of fused-ring (bicyclic) bond motifs is 1. The molecule has 2 heterocycles. The zero-order valence-corrected chi connectivity index (χ0v) is 19.5. The molecule has 1 fully saturated rings. The van der Waals surface area contributed by atoms with E-state index in [0.29, 0.717) is 21.5 Å². The van der Waals surface area contributed by atoms with Crippen LogP contribution in [0, 0.1) is 11.3 Å². The van der Waals surface area contributed by atoms with Gasteiger partial charge in [-0.05, 0) is 41.5 Å². The van der Waals surface area contributed by atoms with Gasteiger partial charge in [-0.3, -0.25) is 14.6 Å². The number of Topliss-reactive ketones (excluding diaryl/α,β-unsaturated/α-hetero) is 1. The molecule has 1 saturated heterocycles. The summed E-state index contributed by atoms with van der Waals surface area (Å²) in [6, 6.07) is 15.2. The van der Waals surface area contributed by atoms with Crippen LogP contribution in [-0.4, -0.2) is 40.1 Å². The highest BCUT2D eigenvalue weighted by Gasteiger charge is 2.42. The average molecular weight is 494 g/mol. The van der Waals surface area contributed by atoms with Gasteiger partial charge in [-0.15, -0.1) is 0 Å². The molecule has 0 saturated carbocycles. The Bertz CT molecular complexity index is 1330. The SMILES string of the molecule is N#C[C@@H]1CC(F)(F)CCN1C(=O)CCC(=O)c1ccnc2ccc(/C=C/c3ccc(Cl)cc3)cc12. The minimum absolute atomic E-state index is 0.0895. The maximum Gasteiger partial charge on any atom is 0.252 e. The van der Waals surface area contributed by atoms with Gasteiger partial charge in [0.25, 0.3) is 5.92 Å². The van der Waals surface area contributed by atoms with Gasteiger partial charge in [0.1, 0.15) is 6.04 Å². The number of likely N-dealkylation sites (tertiary alicyclic amines) is 1. The minimum atomic E-state index is -2.96. The quantitative estimate of drug-likeness (QED) is 0.304. The zero-order valence-electron chi connectivity index (χ0n) is 18.8. The third-order valence-electron chi connectivity index (χ3n) is 6.03. The molecule has 178 valence electrons. The number of carbonyl (C=O) groups excluding carboxylic acids is 2.